The van der Waals surface area contributed by atoms with Gasteiger partial charge in [-0.25, -0.2) is 0 Å². The summed E-state index contributed by atoms with van der Waals surface area (Å²) in [6.45, 7) is 0. The molecule has 1 heterocycles. The Hall–Kier alpha value is -0.760. The molecule has 1 saturated carbocycles. The number of halogens is 1. The van der Waals surface area contributed by atoms with Gasteiger partial charge in [0.2, 0.25) is 0 Å². The van der Waals surface area contributed by atoms with E-state index in [2.05, 4.69) is 23.0 Å². The van der Waals surface area contributed by atoms with Gasteiger partial charge in [-0.3, -0.25) is 4.98 Å². The minimum Gasteiger partial charge on any atom is -0.372 e. The third-order valence-corrected chi connectivity index (χ3v) is 3.24. The van der Waals surface area contributed by atoms with E-state index >= 15 is 0 Å². The molecule has 2 nitrogen and oxygen atoms in total. The summed E-state index contributed by atoms with van der Waals surface area (Å²) in [7, 11) is 2.15. The molecule has 0 unspecified atom stereocenters. The van der Waals surface area contributed by atoms with Gasteiger partial charge in [0.25, 0.3) is 0 Å². The normalized spacial score (nSPS) is 16.4. The molecule has 0 spiro atoms. The molecule has 0 amide bonds. The van der Waals surface area contributed by atoms with Crippen molar-refractivity contribution in [1.29, 1.82) is 0 Å². The summed E-state index contributed by atoms with van der Waals surface area (Å²) >= 11 is 5.75. The first-order valence-corrected chi connectivity index (χ1v) is 5.58. The van der Waals surface area contributed by atoms with E-state index in [1.165, 1.54) is 24.9 Å². The van der Waals surface area contributed by atoms with Crippen LogP contribution in [0.25, 0.3) is 0 Å². The largest absolute Gasteiger partial charge is 0.372 e. The first kappa shape index (κ1) is 9.78. The number of pyridine rings is 1. The van der Waals surface area contributed by atoms with Crippen LogP contribution in [0.3, 0.4) is 0 Å². The van der Waals surface area contributed by atoms with Crippen LogP contribution in [0.5, 0.6) is 0 Å². The van der Waals surface area contributed by atoms with E-state index in [4.69, 9.17) is 11.6 Å². The minimum atomic E-state index is 0.492. The van der Waals surface area contributed by atoms with Crippen LogP contribution in [-0.4, -0.2) is 18.1 Å². The third kappa shape index (κ3) is 1.85. The van der Waals surface area contributed by atoms with Crippen LogP contribution < -0.4 is 4.90 Å². The van der Waals surface area contributed by atoms with Crippen LogP contribution in [0.4, 0.5) is 5.69 Å². The van der Waals surface area contributed by atoms with E-state index in [0.29, 0.717) is 5.88 Å². The van der Waals surface area contributed by atoms with Crippen molar-refractivity contribution >= 4 is 17.3 Å². The van der Waals surface area contributed by atoms with E-state index in [1.54, 1.807) is 0 Å². The lowest BCUT2D eigenvalue weighted by molar-refractivity contribution is 0.401. The topological polar surface area (TPSA) is 16.1 Å². The first-order chi connectivity index (χ1) is 6.81. The molecule has 0 saturated heterocycles. The van der Waals surface area contributed by atoms with Crippen molar-refractivity contribution in [2.75, 3.05) is 11.9 Å². The highest BCUT2D eigenvalue weighted by molar-refractivity contribution is 6.16. The summed E-state index contributed by atoms with van der Waals surface area (Å²) in [6.07, 6.45) is 5.83. The smallest absolute Gasteiger partial charge is 0.0648 e. The van der Waals surface area contributed by atoms with Gasteiger partial charge in [-0.15, -0.1) is 11.6 Å². The molecule has 0 radical (unpaired) electrons. The maximum absolute atomic E-state index is 5.75. The highest BCUT2D eigenvalue weighted by atomic mass is 35.5. The summed E-state index contributed by atoms with van der Waals surface area (Å²) in [5.74, 6) is 0.492. The van der Waals surface area contributed by atoms with Crippen molar-refractivity contribution in [2.24, 2.45) is 0 Å². The molecule has 1 aromatic rings. The maximum Gasteiger partial charge on any atom is 0.0648 e. The Morgan fingerprint density at radius 2 is 2.36 bits per heavy atom. The zero-order valence-corrected chi connectivity index (χ0v) is 9.17. The lowest BCUT2D eigenvalue weighted by Crippen LogP contribution is -2.37. The van der Waals surface area contributed by atoms with Crippen molar-refractivity contribution in [3.8, 4) is 0 Å². The number of hydrogen-bond donors (Lipinski definition) is 0. The molecule has 0 aromatic carbocycles. The number of nitrogens with zero attached hydrogens (tertiary/aromatic N) is 2. The molecule has 14 heavy (non-hydrogen) atoms. The lowest BCUT2D eigenvalue weighted by atomic mass is 9.91. The highest BCUT2D eigenvalue weighted by Gasteiger charge is 2.22. The van der Waals surface area contributed by atoms with E-state index < -0.39 is 0 Å². The predicted octanol–water partition coefficient (Wildman–Crippen LogP) is 2.81. The third-order valence-electron chi connectivity index (χ3n) is 2.97. The fraction of sp³-hybridized carbons (Fsp3) is 0.545. The van der Waals surface area contributed by atoms with Gasteiger partial charge in [-0.1, -0.05) is 0 Å². The molecular formula is C11H15ClN2. The average Bonchev–Trinajstić information content (AvgIpc) is 2.15. The fourth-order valence-corrected chi connectivity index (χ4v) is 1.89. The number of rotatable bonds is 3. The van der Waals surface area contributed by atoms with Gasteiger partial charge in [0.15, 0.2) is 0 Å². The van der Waals surface area contributed by atoms with E-state index in [-0.39, 0.29) is 0 Å². The summed E-state index contributed by atoms with van der Waals surface area (Å²) in [6, 6.07) is 4.85. The Labute approximate surface area is 89.9 Å². The van der Waals surface area contributed by atoms with Crippen molar-refractivity contribution in [3.63, 3.8) is 0 Å². The minimum absolute atomic E-state index is 0.492. The van der Waals surface area contributed by atoms with Gasteiger partial charge < -0.3 is 4.90 Å². The molecule has 0 N–H and O–H groups in total. The molecule has 1 fully saturated rings. The van der Waals surface area contributed by atoms with Crippen LogP contribution in [0, 0.1) is 0 Å². The quantitative estimate of drug-likeness (QED) is 0.714. The van der Waals surface area contributed by atoms with Gasteiger partial charge in [-0.2, -0.15) is 0 Å². The second kappa shape index (κ2) is 4.18. The molecule has 2 rings (SSSR count). The monoisotopic (exact) mass is 210 g/mol. The van der Waals surface area contributed by atoms with Crippen molar-refractivity contribution < 1.29 is 0 Å². The average molecular weight is 211 g/mol. The Kier molecular flexibility index (Phi) is 2.92. The van der Waals surface area contributed by atoms with Gasteiger partial charge in [0.05, 0.1) is 11.6 Å². The number of alkyl halides is 1. The van der Waals surface area contributed by atoms with Crippen LogP contribution >= 0.6 is 11.6 Å². The van der Waals surface area contributed by atoms with Crippen LogP contribution in [-0.2, 0) is 5.88 Å². The molecule has 1 aliphatic rings. The SMILES string of the molecule is CN(c1ccnc(CCl)c1)C1CCC1. The van der Waals surface area contributed by atoms with Crippen LogP contribution in [0.1, 0.15) is 25.0 Å². The van der Waals surface area contributed by atoms with E-state index in [1.807, 2.05) is 12.3 Å². The molecular weight excluding hydrogens is 196 g/mol. The lowest BCUT2D eigenvalue weighted by Gasteiger charge is -2.36. The molecule has 0 aliphatic heterocycles. The Morgan fingerprint density at radius 1 is 1.57 bits per heavy atom. The molecule has 1 aromatic heterocycles. The summed E-state index contributed by atoms with van der Waals surface area (Å²) in [5, 5.41) is 0. The Balaban J connectivity index is 2.13. The molecule has 0 atom stereocenters. The van der Waals surface area contributed by atoms with Crippen molar-refractivity contribution in [3.05, 3.63) is 24.0 Å². The second-order valence-corrected chi connectivity index (χ2v) is 4.10. The molecule has 1 aliphatic carbocycles. The molecule has 76 valence electrons. The van der Waals surface area contributed by atoms with E-state index in [9.17, 15) is 0 Å². The van der Waals surface area contributed by atoms with Crippen molar-refractivity contribution in [1.82, 2.24) is 4.98 Å². The predicted molar refractivity (Wildman–Crippen MR) is 59.8 cm³/mol. The Morgan fingerprint density at radius 3 is 2.93 bits per heavy atom. The standard InChI is InChI=1S/C11H15ClN2/c1-14(10-3-2-4-10)11-5-6-13-9(7-11)8-12/h5-7,10H,2-4,8H2,1H3. The number of aromatic nitrogens is 1. The zero-order chi connectivity index (χ0) is 9.97. The molecule has 0 bridgehead atoms. The van der Waals surface area contributed by atoms with Gasteiger partial charge in [-0.05, 0) is 31.4 Å². The van der Waals surface area contributed by atoms with Crippen LogP contribution in [0.2, 0.25) is 0 Å². The highest BCUT2D eigenvalue weighted by Crippen LogP contribution is 2.28. The second-order valence-electron chi connectivity index (χ2n) is 3.83. The van der Waals surface area contributed by atoms with Crippen molar-refractivity contribution in [2.45, 2.75) is 31.2 Å². The maximum atomic E-state index is 5.75. The van der Waals surface area contributed by atoms with Gasteiger partial charge >= 0.3 is 0 Å². The summed E-state index contributed by atoms with van der Waals surface area (Å²) < 4.78 is 0. The van der Waals surface area contributed by atoms with Gasteiger partial charge in [0.1, 0.15) is 0 Å². The summed E-state index contributed by atoms with van der Waals surface area (Å²) in [5.41, 5.74) is 2.19. The summed E-state index contributed by atoms with van der Waals surface area (Å²) in [4.78, 5) is 6.52. The fourth-order valence-electron chi connectivity index (χ4n) is 1.74. The number of anilines is 1. The zero-order valence-electron chi connectivity index (χ0n) is 8.41. The van der Waals surface area contributed by atoms with Gasteiger partial charge in [0, 0.05) is 25.0 Å². The Bertz CT molecular complexity index is 310. The van der Waals surface area contributed by atoms with Crippen LogP contribution in [0.15, 0.2) is 18.3 Å². The molecule has 3 heteroatoms. The first-order valence-electron chi connectivity index (χ1n) is 5.05. The number of hydrogen-bond acceptors (Lipinski definition) is 2. The van der Waals surface area contributed by atoms with E-state index in [0.717, 1.165) is 11.7 Å².